The van der Waals surface area contributed by atoms with Gasteiger partial charge in [0.05, 0.1) is 39.0 Å². The van der Waals surface area contributed by atoms with E-state index in [0.29, 0.717) is 5.56 Å². The van der Waals surface area contributed by atoms with Gasteiger partial charge in [-0.15, -0.1) is 0 Å². The predicted molar refractivity (Wildman–Crippen MR) is 184 cm³/mol. The van der Waals surface area contributed by atoms with Crippen LogP contribution in [0.4, 0.5) is 8.78 Å². The van der Waals surface area contributed by atoms with Crippen LogP contribution in [0.25, 0.3) is 66.1 Å². The molecule has 220 valence electrons. The van der Waals surface area contributed by atoms with E-state index in [0.717, 1.165) is 60.9 Å². The van der Waals surface area contributed by atoms with Crippen LogP contribution in [0.3, 0.4) is 0 Å². The molecule has 2 heterocycles. The van der Waals surface area contributed by atoms with Crippen LogP contribution >= 0.6 is 0 Å². The van der Waals surface area contributed by atoms with Gasteiger partial charge in [0.1, 0.15) is 11.6 Å². The molecule has 0 saturated carbocycles. The number of hydrogen-bond acceptors (Lipinski definition) is 0. The van der Waals surface area contributed by atoms with E-state index in [2.05, 4.69) is 117 Å². The van der Waals surface area contributed by atoms with Gasteiger partial charge in [0.15, 0.2) is 0 Å². The molecule has 0 N–H and O–H groups in total. The van der Waals surface area contributed by atoms with E-state index >= 15 is 8.78 Å². The molecule has 0 bridgehead atoms. The number of halogens is 2. The minimum Gasteiger partial charge on any atom is -0.309 e. The number of nitrogens with zero attached hydrogens (tertiary/aromatic N) is 2. The number of fused-ring (bicyclic) bond motifs is 6. The molecule has 0 spiro atoms. The van der Waals surface area contributed by atoms with E-state index < -0.39 is 11.6 Å². The standard InChI is InChI=1S/C41H32F2N2/c1-23-9-13-28-29-14-10-24(2)20-37(29)44(36(28)19-23)35-18-17-32(40-33(42)7-6-8-34(40)43)41(27(35)5)45-38-21-25(3)11-15-30(38)31-16-12-26(4)22-39(31)45/h6-22H,1-5H3. The summed E-state index contributed by atoms with van der Waals surface area (Å²) < 4.78 is 35.9. The number of aryl methyl sites for hydroxylation is 4. The molecule has 0 saturated heterocycles. The second-order valence-corrected chi connectivity index (χ2v) is 12.5. The molecule has 0 amide bonds. The van der Waals surface area contributed by atoms with Crippen LogP contribution in [-0.2, 0) is 0 Å². The lowest BCUT2D eigenvalue weighted by molar-refractivity contribution is 0.589. The zero-order valence-corrected chi connectivity index (χ0v) is 26.0. The van der Waals surface area contributed by atoms with Gasteiger partial charge in [0.25, 0.3) is 0 Å². The summed E-state index contributed by atoms with van der Waals surface area (Å²) >= 11 is 0. The van der Waals surface area contributed by atoms with Crippen molar-refractivity contribution in [3.05, 3.63) is 143 Å². The smallest absolute Gasteiger partial charge is 0.134 e. The van der Waals surface area contributed by atoms with Crippen molar-refractivity contribution in [3.8, 4) is 22.5 Å². The number of benzene rings is 6. The lowest BCUT2D eigenvalue weighted by atomic mass is 9.97. The van der Waals surface area contributed by atoms with E-state index in [4.69, 9.17) is 0 Å². The van der Waals surface area contributed by atoms with Crippen LogP contribution in [0.2, 0.25) is 0 Å². The quantitative estimate of drug-likeness (QED) is 0.194. The van der Waals surface area contributed by atoms with Crippen LogP contribution in [0.15, 0.2) is 103 Å². The van der Waals surface area contributed by atoms with Gasteiger partial charge in [0.2, 0.25) is 0 Å². The third kappa shape index (κ3) is 4.05. The molecule has 8 rings (SSSR count). The van der Waals surface area contributed by atoms with Crippen LogP contribution < -0.4 is 0 Å². The summed E-state index contributed by atoms with van der Waals surface area (Å²) in [6.45, 7) is 10.5. The summed E-state index contributed by atoms with van der Waals surface area (Å²) in [5.41, 5.74) is 11.9. The van der Waals surface area contributed by atoms with Crippen molar-refractivity contribution < 1.29 is 8.78 Å². The molecule has 0 radical (unpaired) electrons. The second kappa shape index (κ2) is 9.90. The Morgan fingerprint density at radius 2 is 0.844 bits per heavy atom. The summed E-state index contributed by atoms with van der Waals surface area (Å²) in [7, 11) is 0. The fourth-order valence-corrected chi connectivity index (χ4v) is 7.15. The summed E-state index contributed by atoms with van der Waals surface area (Å²) in [6, 6.07) is 34.0. The van der Waals surface area contributed by atoms with E-state index in [-0.39, 0.29) is 5.56 Å². The van der Waals surface area contributed by atoms with Crippen molar-refractivity contribution in [3.63, 3.8) is 0 Å². The highest BCUT2D eigenvalue weighted by Gasteiger charge is 2.25. The first-order valence-electron chi connectivity index (χ1n) is 15.3. The molecule has 45 heavy (non-hydrogen) atoms. The van der Waals surface area contributed by atoms with Crippen LogP contribution in [0.1, 0.15) is 27.8 Å². The monoisotopic (exact) mass is 590 g/mol. The van der Waals surface area contributed by atoms with Crippen molar-refractivity contribution in [2.24, 2.45) is 0 Å². The average molecular weight is 591 g/mol. The summed E-state index contributed by atoms with van der Waals surface area (Å²) in [5.74, 6) is -1.17. The highest BCUT2D eigenvalue weighted by molar-refractivity contribution is 6.11. The predicted octanol–water partition coefficient (Wildman–Crippen LogP) is 11.4. The van der Waals surface area contributed by atoms with E-state index in [9.17, 15) is 0 Å². The molecule has 2 aromatic heterocycles. The van der Waals surface area contributed by atoms with Crippen LogP contribution in [0, 0.1) is 46.3 Å². The largest absolute Gasteiger partial charge is 0.309 e. The van der Waals surface area contributed by atoms with Crippen molar-refractivity contribution >= 4 is 43.6 Å². The van der Waals surface area contributed by atoms with E-state index in [1.807, 2.05) is 12.1 Å². The van der Waals surface area contributed by atoms with E-state index in [1.54, 1.807) is 0 Å². The molecule has 0 fully saturated rings. The maximum atomic E-state index is 15.7. The first-order valence-corrected chi connectivity index (χ1v) is 15.3. The Balaban J connectivity index is 1.59. The molecule has 0 atom stereocenters. The molecular formula is C41H32F2N2. The van der Waals surface area contributed by atoms with Gasteiger partial charge in [-0.3, -0.25) is 0 Å². The Labute approximate surface area is 260 Å². The first kappa shape index (κ1) is 27.3. The number of hydrogen-bond donors (Lipinski definition) is 0. The summed E-state index contributed by atoms with van der Waals surface area (Å²) in [6.07, 6.45) is 0. The van der Waals surface area contributed by atoms with Crippen molar-refractivity contribution in [2.75, 3.05) is 0 Å². The summed E-state index contributed by atoms with van der Waals surface area (Å²) in [5, 5.41) is 4.54. The first-order chi connectivity index (χ1) is 21.7. The van der Waals surface area contributed by atoms with Gasteiger partial charge >= 0.3 is 0 Å². The van der Waals surface area contributed by atoms with Gasteiger partial charge in [-0.2, -0.15) is 0 Å². The Morgan fingerprint density at radius 1 is 0.444 bits per heavy atom. The molecule has 0 aliphatic heterocycles. The second-order valence-electron chi connectivity index (χ2n) is 12.5. The Morgan fingerprint density at radius 3 is 1.27 bits per heavy atom. The zero-order chi connectivity index (χ0) is 31.1. The van der Waals surface area contributed by atoms with Crippen LogP contribution in [-0.4, -0.2) is 9.13 Å². The average Bonchev–Trinajstić information content (AvgIpc) is 3.47. The molecule has 6 aromatic carbocycles. The topological polar surface area (TPSA) is 9.86 Å². The van der Waals surface area contributed by atoms with Crippen molar-refractivity contribution in [1.82, 2.24) is 9.13 Å². The van der Waals surface area contributed by atoms with E-state index in [1.165, 1.54) is 40.1 Å². The SMILES string of the molecule is Cc1ccc2c3ccc(C)cc3n(-c3ccc(-c4c(F)cccc4F)c(-n4c5cc(C)ccc5c5ccc(C)cc54)c3C)c2c1. The van der Waals surface area contributed by atoms with Gasteiger partial charge < -0.3 is 9.13 Å². The molecular weight excluding hydrogens is 558 g/mol. The number of rotatable bonds is 3. The van der Waals surface area contributed by atoms with Crippen molar-refractivity contribution in [2.45, 2.75) is 34.6 Å². The Kier molecular flexibility index (Phi) is 6.01. The lowest BCUT2D eigenvalue weighted by Gasteiger charge is -2.22. The van der Waals surface area contributed by atoms with Gasteiger partial charge in [0, 0.05) is 27.1 Å². The molecule has 2 nitrogen and oxygen atoms in total. The van der Waals surface area contributed by atoms with Gasteiger partial charge in [-0.1, -0.05) is 54.6 Å². The molecule has 0 unspecified atom stereocenters. The molecule has 0 aliphatic rings. The van der Waals surface area contributed by atoms with Crippen LogP contribution in [0.5, 0.6) is 0 Å². The third-order valence-corrected chi connectivity index (χ3v) is 9.26. The Bertz CT molecular complexity index is 2370. The van der Waals surface area contributed by atoms with Gasteiger partial charge in [-0.05, 0) is 111 Å². The normalized spacial score (nSPS) is 11.9. The molecule has 4 heteroatoms. The molecule has 8 aromatic rings. The fraction of sp³-hybridized carbons (Fsp3) is 0.122. The zero-order valence-electron chi connectivity index (χ0n) is 26.0. The Hall–Kier alpha value is -5.22. The minimum atomic E-state index is -0.584. The maximum absolute atomic E-state index is 15.7. The fourth-order valence-electron chi connectivity index (χ4n) is 7.15. The lowest BCUT2D eigenvalue weighted by Crippen LogP contribution is -2.07. The highest BCUT2D eigenvalue weighted by atomic mass is 19.1. The third-order valence-electron chi connectivity index (χ3n) is 9.26. The summed E-state index contributed by atoms with van der Waals surface area (Å²) in [4.78, 5) is 0. The van der Waals surface area contributed by atoms with Gasteiger partial charge in [-0.25, -0.2) is 8.78 Å². The molecule has 0 aliphatic carbocycles. The minimum absolute atomic E-state index is 0.0219. The number of aromatic nitrogens is 2. The van der Waals surface area contributed by atoms with Crippen molar-refractivity contribution in [1.29, 1.82) is 0 Å². The maximum Gasteiger partial charge on any atom is 0.134 e. The highest BCUT2D eigenvalue weighted by Crippen LogP contribution is 2.43.